The first-order valence-electron chi connectivity index (χ1n) is 7.03. The first-order chi connectivity index (χ1) is 9.20. The van der Waals surface area contributed by atoms with E-state index >= 15 is 0 Å². The molecule has 2 aromatic rings. The zero-order valence-electron chi connectivity index (χ0n) is 11.6. The molecule has 3 heteroatoms. The number of benzene rings is 1. The molecule has 1 aliphatic rings. The molecule has 0 radical (unpaired) electrons. The zero-order chi connectivity index (χ0) is 13.4. The highest BCUT2D eigenvalue weighted by atomic mass is 16.5. The molecule has 3 rings (SSSR count). The molecular formula is C16H21NO2. The predicted octanol–water partition coefficient (Wildman–Crippen LogP) is 3.94. The molecule has 1 heterocycles. The van der Waals surface area contributed by atoms with Crippen molar-refractivity contribution in [3.8, 4) is 5.75 Å². The van der Waals surface area contributed by atoms with Crippen LogP contribution >= 0.6 is 0 Å². The van der Waals surface area contributed by atoms with Crippen LogP contribution in [0, 0.1) is 12.8 Å². The summed E-state index contributed by atoms with van der Waals surface area (Å²) in [5, 5.41) is 1.14. The lowest BCUT2D eigenvalue weighted by molar-refractivity contribution is 0.377. The maximum absolute atomic E-state index is 6.41. The van der Waals surface area contributed by atoms with Crippen molar-refractivity contribution in [3.05, 3.63) is 29.5 Å². The van der Waals surface area contributed by atoms with Crippen molar-refractivity contribution in [3.63, 3.8) is 0 Å². The lowest BCUT2D eigenvalue weighted by Crippen LogP contribution is -2.19. The number of methoxy groups -OCH3 is 1. The van der Waals surface area contributed by atoms with Gasteiger partial charge in [0.05, 0.1) is 13.2 Å². The van der Waals surface area contributed by atoms with Gasteiger partial charge >= 0.3 is 0 Å². The molecule has 0 amide bonds. The lowest BCUT2D eigenvalue weighted by Gasteiger charge is -2.17. The SMILES string of the molecule is COc1ccc2c(C)c(C(N)C3CCCC3)oc2c1. The van der Waals surface area contributed by atoms with E-state index in [9.17, 15) is 0 Å². The van der Waals surface area contributed by atoms with E-state index in [2.05, 4.69) is 13.0 Å². The maximum Gasteiger partial charge on any atom is 0.138 e. The van der Waals surface area contributed by atoms with Gasteiger partial charge in [-0.1, -0.05) is 12.8 Å². The Morgan fingerprint density at radius 1 is 1.32 bits per heavy atom. The summed E-state index contributed by atoms with van der Waals surface area (Å²) >= 11 is 0. The van der Waals surface area contributed by atoms with Crippen molar-refractivity contribution in [2.45, 2.75) is 38.6 Å². The third-order valence-corrected chi connectivity index (χ3v) is 4.39. The number of aryl methyl sites for hydroxylation is 1. The van der Waals surface area contributed by atoms with Gasteiger partial charge in [-0.15, -0.1) is 0 Å². The molecular weight excluding hydrogens is 238 g/mol. The quantitative estimate of drug-likeness (QED) is 0.908. The second-order valence-electron chi connectivity index (χ2n) is 5.52. The standard InChI is InChI=1S/C16H21NO2/c1-10-13-8-7-12(18-2)9-14(13)19-16(10)15(17)11-5-3-4-6-11/h7-9,11,15H,3-6,17H2,1-2H3. The predicted molar refractivity (Wildman–Crippen MR) is 76.4 cm³/mol. The summed E-state index contributed by atoms with van der Waals surface area (Å²) in [5.74, 6) is 2.35. The number of nitrogens with two attached hydrogens (primary N) is 1. The molecule has 1 saturated carbocycles. The summed E-state index contributed by atoms with van der Waals surface area (Å²) in [4.78, 5) is 0. The molecule has 0 saturated heterocycles. The van der Waals surface area contributed by atoms with E-state index in [1.165, 1.54) is 31.2 Å². The van der Waals surface area contributed by atoms with Gasteiger partial charge in [0.15, 0.2) is 0 Å². The van der Waals surface area contributed by atoms with Crippen molar-refractivity contribution in [1.29, 1.82) is 0 Å². The zero-order valence-corrected chi connectivity index (χ0v) is 11.6. The van der Waals surface area contributed by atoms with Gasteiger partial charge in [0.2, 0.25) is 0 Å². The fourth-order valence-corrected chi connectivity index (χ4v) is 3.20. The van der Waals surface area contributed by atoms with E-state index in [1.807, 2.05) is 12.1 Å². The van der Waals surface area contributed by atoms with Crippen molar-refractivity contribution in [2.24, 2.45) is 11.7 Å². The molecule has 3 nitrogen and oxygen atoms in total. The summed E-state index contributed by atoms with van der Waals surface area (Å²) in [6.07, 6.45) is 5.04. The van der Waals surface area contributed by atoms with Gasteiger partial charge < -0.3 is 14.9 Å². The molecule has 1 aromatic heterocycles. The van der Waals surface area contributed by atoms with Gasteiger partial charge in [-0.25, -0.2) is 0 Å². The van der Waals surface area contributed by atoms with Gasteiger partial charge in [-0.2, -0.15) is 0 Å². The fraction of sp³-hybridized carbons (Fsp3) is 0.500. The van der Waals surface area contributed by atoms with Crippen molar-refractivity contribution in [1.82, 2.24) is 0 Å². The Kier molecular flexibility index (Phi) is 3.23. The first kappa shape index (κ1) is 12.5. The number of hydrogen-bond donors (Lipinski definition) is 1. The minimum absolute atomic E-state index is 0.0286. The van der Waals surface area contributed by atoms with E-state index in [1.54, 1.807) is 7.11 Å². The van der Waals surface area contributed by atoms with Crippen LogP contribution in [0.2, 0.25) is 0 Å². The van der Waals surface area contributed by atoms with E-state index in [-0.39, 0.29) is 6.04 Å². The Morgan fingerprint density at radius 2 is 2.05 bits per heavy atom. The summed E-state index contributed by atoms with van der Waals surface area (Å²) in [7, 11) is 1.67. The number of fused-ring (bicyclic) bond motifs is 1. The summed E-state index contributed by atoms with van der Waals surface area (Å²) in [6.45, 7) is 2.10. The van der Waals surface area contributed by atoms with E-state index < -0.39 is 0 Å². The highest BCUT2D eigenvalue weighted by molar-refractivity contribution is 5.83. The summed E-state index contributed by atoms with van der Waals surface area (Å²) < 4.78 is 11.3. The molecule has 102 valence electrons. The second-order valence-corrected chi connectivity index (χ2v) is 5.52. The molecule has 1 unspecified atom stereocenters. The Morgan fingerprint density at radius 3 is 2.74 bits per heavy atom. The Balaban J connectivity index is 2.01. The van der Waals surface area contributed by atoms with Crippen molar-refractivity contribution < 1.29 is 9.15 Å². The molecule has 1 fully saturated rings. The topological polar surface area (TPSA) is 48.4 Å². The van der Waals surface area contributed by atoms with Gasteiger partial charge in [-0.05, 0) is 43.4 Å². The number of furan rings is 1. The van der Waals surface area contributed by atoms with Crippen LogP contribution in [0.4, 0.5) is 0 Å². The molecule has 1 atom stereocenters. The van der Waals surface area contributed by atoms with Crippen LogP contribution in [0.3, 0.4) is 0 Å². The van der Waals surface area contributed by atoms with Gasteiger partial charge in [0.1, 0.15) is 17.1 Å². The minimum atomic E-state index is 0.0286. The minimum Gasteiger partial charge on any atom is -0.497 e. The highest BCUT2D eigenvalue weighted by Crippen LogP contribution is 2.38. The van der Waals surface area contributed by atoms with Crippen molar-refractivity contribution in [2.75, 3.05) is 7.11 Å². The molecule has 0 bridgehead atoms. The largest absolute Gasteiger partial charge is 0.497 e. The fourth-order valence-electron chi connectivity index (χ4n) is 3.20. The third-order valence-electron chi connectivity index (χ3n) is 4.39. The van der Waals surface area contributed by atoms with E-state index in [0.29, 0.717) is 5.92 Å². The van der Waals surface area contributed by atoms with Crippen LogP contribution in [0.15, 0.2) is 22.6 Å². The van der Waals surface area contributed by atoms with Crippen molar-refractivity contribution >= 4 is 11.0 Å². The van der Waals surface area contributed by atoms with Crippen LogP contribution in [-0.2, 0) is 0 Å². The number of ether oxygens (including phenoxy) is 1. The average molecular weight is 259 g/mol. The summed E-state index contributed by atoms with van der Waals surface area (Å²) in [6, 6.07) is 5.99. The van der Waals surface area contributed by atoms with E-state index in [0.717, 1.165) is 22.5 Å². The third kappa shape index (κ3) is 2.12. The number of hydrogen-bond acceptors (Lipinski definition) is 3. The monoisotopic (exact) mass is 259 g/mol. The number of rotatable bonds is 3. The van der Waals surface area contributed by atoms with Crippen LogP contribution in [0.1, 0.15) is 43.0 Å². The molecule has 0 aliphatic heterocycles. The van der Waals surface area contributed by atoms with Crippen LogP contribution in [0.25, 0.3) is 11.0 Å². The maximum atomic E-state index is 6.41. The van der Waals surface area contributed by atoms with Gasteiger partial charge in [-0.3, -0.25) is 0 Å². The Labute approximate surface area is 113 Å². The first-order valence-corrected chi connectivity index (χ1v) is 7.03. The normalized spacial score (nSPS) is 18.1. The summed E-state index contributed by atoms with van der Waals surface area (Å²) in [5.41, 5.74) is 8.46. The molecule has 1 aromatic carbocycles. The smallest absolute Gasteiger partial charge is 0.138 e. The van der Waals surface area contributed by atoms with Gasteiger partial charge in [0.25, 0.3) is 0 Å². The van der Waals surface area contributed by atoms with Crippen LogP contribution < -0.4 is 10.5 Å². The van der Waals surface area contributed by atoms with Crippen LogP contribution in [-0.4, -0.2) is 7.11 Å². The molecule has 19 heavy (non-hydrogen) atoms. The Bertz CT molecular complexity index is 582. The lowest BCUT2D eigenvalue weighted by atomic mass is 9.94. The molecule has 2 N–H and O–H groups in total. The molecule has 0 spiro atoms. The average Bonchev–Trinajstić information content (AvgIpc) is 3.06. The van der Waals surface area contributed by atoms with E-state index in [4.69, 9.17) is 14.9 Å². The highest BCUT2D eigenvalue weighted by Gasteiger charge is 2.27. The second kappa shape index (κ2) is 4.89. The van der Waals surface area contributed by atoms with Gasteiger partial charge in [0, 0.05) is 11.5 Å². The molecule has 1 aliphatic carbocycles. The van der Waals surface area contributed by atoms with Crippen LogP contribution in [0.5, 0.6) is 5.75 Å². The Hall–Kier alpha value is -1.48.